The van der Waals surface area contributed by atoms with Gasteiger partial charge in [-0.25, -0.2) is 4.79 Å². The van der Waals surface area contributed by atoms with E-state index in [1.165, 1.54) is 6.07 Å². The van der Waals surface area contributed by atoms with Gasteiger partial charge in [-0.2, -0.15) is 8.78 Å². The Bertz CT molecular complexity index is 421. The molecule has 94 valence electrons. The second-order valence-corrected chi connectivity index (χ2v) is 3.30. The minimum absolute atomic E-state index is 0.0517. The molecule has 0 unspecified atom stereocenters. The molecule has 2 N–H and O–H groups in total. The number of carbonyl (C=O) groups is 1. The van der Waals surface area contributed by atoms with E-state index in [-0.39, 0.29) is 23.6 Å². The molecular weight excluding hydrogens is 232 g/mol. The van der Waals surface area contributed by atoms with Crippen molar-refractivity contribution in [1.29, 1.82) is 0 Å². The van der Waals surface area contributed by atoms with E-state index >= 15 is 0 Å². The highest BCUT2D eigenvalue weighted by Gasteiger charge is 2.16. The Labute approximate surface area is 97.3 Å². The number of hydrogen-bond acceptors (Lipinski definition) is 4. The molecule has 0 heterocycles. The Balaban J connectivity index is 3.09. The lowest BCUT2D eigenvalue weighted by Gasteiger charge is -2.11. The van der Waals surface area contributed by atoms with Gasteiger partial charge in [-0.3, -0.25) is 0 Å². The highest BCUT2D eigenvalue weighted by Crippen LogP contribution is 2.27. The summed E-state index contributed by atoms with van der Waals surface area (Å²) in [7, 11) is 0. The second kappa shape index (κ2) is 5.47. The summed E-state index contributed by atoms with van der Waals surface area (Å²) in [6.07, 6.45) is 0. The molecule has 17 heavy (non-hydrogen) atoms. The summed E-state index contributed by atoms with van der Waals surface area (Å²) in [5.74, 6) is -0.822. The van der Waals surface area contributed by atoms with Crippen molar-refractivity contribution < 1.29 is 23.0 Å². The molecule has 0 saturated carbocycles. The van der Waals surface area contributed by atoms with Gasteiger partial charge >= 0.3 is 12.6 Å². The van der Waals surface area contributed by atoms with Gasteiger partial charge in [0, 0.05) is 0 Å². The van der Waals surface area contributed by atoms with Gasteiger partial charge in [0.25, 0.3) is 0 Å². The topological polar surface area (TPSA) is 61.5 Å². The predicted octanol–water partition coefficient (Wildman–Crippen LogP) is 2.36. The summed E-state index contributed by atoms with van der Waals surface area (Å²) in [5.41, 5.74) is 6.26. The second-order valence-electron chi connectivity index (χ2n) is 3.30. The van der Waals surface area contributed by atoms with E-state index in [1.54, 1.807) is 13.8 Å². The number of hydrogen-bond donors (Lipinski definition) is 1. The number of halogens is 2. The van der Waals surface area contributed by atoms with Gasteiger partial charge in [0.05, 0.1) is 17.9 Å². The fourth-order valence-electron chi connectivity index (χ4n) is 1.34. The molecule has 0 aliphatic heterocycles. The van der Waals surface area contributed by atoms with Gasteiger partial charge in [0.2, 0.25) is 0 Å². The van der Waals surface area contributed by atoms with Gasteiger partial charge in [-0.15, -0.1) is 0 Å². The molecule has 0 atom stereocenters. The molecular formula is C11H13F2NO3. The minimum atomic E-state index is -2.99. The molecule has 0 aliphatic rings. The molecule has 0 bridgehead atoms. The van der Waals surface area contributed by atoms with Crippen molar-refractivity contribution in [1.82, 2.24) is 0 Å². The number of ether oxygens (including phenoxy) is 2. The lowest BCUT2D eigenvalue weighted by molar-refractivity contribution is -0.0494. The zero-order chi connectivity index (χ0) is 13.0. The average Bonchev–Trinajstić information content (AvgIpc) is 2.21. The summed E-state index contributed by atoms with van der Waals surface area (Å²) in [4.78, 5) is 11.5. The molecule has 6 heteroatoms. The molecule has 0 spiro atoms. The monoisotopic (exact) mass is 245 g/mol. The Kier molecular flexibility index (Phi) is 4.25. The maximum Gasteiger partial charge on any atom is 0.387 e. The van der Waals surface area contributed by atoms with Crippen molar-refractivity contribution in [3.05, 3.63) is 23.3 Å². The van der Waals surface area contributed by atoms with Crippen LogP contribution in [0.1, 0.15) is 22.8 Å². The van der Waals surface area contributed by atoms with Crippen molar-refractivity contribution in [2.75, 3.05) is 12.3 Å². The zero-order valence-electron chi connectivity index (χ0n) is 9.50. The normalized spacial score (nSPS) is 10.4. The van der Waals surface area contributed by atoms with Crippen LogP contribution in [0.3, 0.4) is 0 Å². The standard InChI is InChI=1S/C11H13F2NO3/c1-3-16-10(15)7-5-9(17-11(12)13)8(14)4-6(7)2/h4-5,11H,3,14H2,1-2H3. The zero-order valence-corrected chi connectivity index (χ0v) is 9.50. The van der Waals surface area contributed by atoms with Gasteiger partial charge in [-0.05, 0) is 31.5 Å². The van der Waals surface area contributed by atoms with Crippen LogP contribution in [0, 0.1) is 6.92 Å². The van der Waals surface area contributed by atoms with Crippen molar-refractivity contribution >= 4 is 11.7 Å². The van der Waals surface area contributed by atoms with E-state index < -0.39 is 12.6 Å². The summed E-state index contributed by atoms with van der Waals surface area (Å²) in [6.45, 7) is 0.499. The first-order valence-corrected chi connectivity index (χ1v) is 4.97. The van der Waals surface area contributed by atoms with E-state index in [4.69, 9.17) is 10.5 Å². The molecule has 1 aromatic carbocycles. The van der Waals surface area contributed by atoms with Crippen LogP contribution in [-0.4, -0.2) is 19.2 Å². The number of rotatable bonds is 4. The third kappa shape index (κ3) is 3.30. The molecule has 4 nitrogen and oxygen atoms in total. The highest BCUT2D eigenvalue weighted by molar-refractivity contribution is 5.92. The number of anilines is 1. The van der Waals surface area contributed by atoms with Gasteiger partial charge in [0.1, 0.15) is 5.75 Å². The Morgan fingerprint density at radius 2 is 2.12 bits per heavy atom. The van der Waals surface area contributed by atoms with Gasteiger partial charge in [-0.1, -0.05) is 0 Å². The van der Waals surface area contributed by atoms with Crippen molar-refractivity contribution in [2.24, 2.45) is 0 Å². The van der Waals surface area contributed by atoms with E-state index in [0.29, 0.717) is 5.56 Å². The maximum atomic E-state index is 12.1. The van der Waals surface area contributed by atoms with Crippen LogP contribution in [0.5, 0.6) is 5.75 Å². The molecule has 0 saturated heterocycles. The molecule has 1 aromatic rings. The SMILES string of the molecule is CCOC(=O)c1cc(OC(F)F)c(N)cc1C. The van der Waals surface area contributed by atoms with Crippen LogP contribution in [0.25, 0.3) is 0 Å². The van der Waals surface area contributed by atoms with Crippen LogP contribution >= 0.6 is 0 Å². The minimum Gasteiger partial charge on any atom is -0.462 e. The number of alkyl halides is 2. The lowest BCUT2D eigenvalue weighted by Crippen LogP contribution is -2.10. The van der Waals surface area contributed by atoms with E-state index in [9.17, 15) is 13.6 Å². The largest absolute Gasteiger partial charge is 0.462 e. The van der Waals surface area contributed by atoms with E-state index in [1.807, 2.05) is 0 Å². The number of nitrogen functional groups attached to an aromatic ring is 1. The van der Waals surface area contributed by atoms with Crippen molar-refractivity contribution in [3.8, 4) is 5.75 Å². The van der Waals surface area contributed by atoms with Crippen LogP contribution in [-0.2, 0) is 4.74 Å². The third-order valence-electron chi connectivity index (χ3n) is 2.07. The van der Waals surface area contributed by atoms with E-state index in [2.05, 4.69) is 4.74 Å². The smallest absolute Gasteiger partial charge is 0.387 e. The average molecular weight is 245 g/mol. The summed E-state index contributed by atoms with van der Waals surface area (Å²) < 4.78 is 33.2. The quantitative estimate of drug-likeness (QED) is 0.653. The summed E-state index contributed by atoms with van der Waals surface area (Å²) in [5, 5.41) is 0. The maximum absolute atomic E-state index is 12.1. The van der Waals surface area contributed by atoms with Gasteiger partial charge in [0.15, 0.2) is 0 Å². The van der Waals surface area contributed by atoms with Crippen LogP contribution in [0.2, 0.25) is 0 Å². The summed E-state index contributed by atoms with van der Waals surface area (Å²) >= 11 is 0. The number of esters is 1. The fraction of sp³-hybridized carbons (Fsp3) is 0.364. The Morgan fingerprint density at radius 3 is 2.65 bits per heavy atom. The molecule has 0 amide bonds. The first-order chi connectivity index (χ1) is 7.95. The fourth-order valence-corrected chi connectivity index (χ4v) is 1.34. The highest BCUT2D eigenvalue weighted by atomic mass is 19.3. The molecule has 1 rings (SSSR count). The Morgan fingerprint density at radius 1 is 1.47 bits per heavy atom. The van der Waals surface area contributed by atoms with Crippen LogP contribution in [0.15, 0.2) is 12.1 Å². The van der Waals surface area contributed by atoms with Gasteiger partial charge < -0.3 is 15.2 Å². The van der Waals surface area contributed by atoms with Crippen LogP contribution in [0.4, 0.5) is 14.5 Å². The third-order valence-corrected chi connectivity index (χ3v) is 2.07. The first-order valence-electron chi connectivity index (χ1n) is 4.97. The number of aryl methyl sites for hydroxylation is 1. The predicted molar refractivity (Wildman–Crippen MR) is 58.2 cm³/mol. The first kappa shape index (κ1) is 13.2. The number of nitrogens with two attached hydrogens (primary N) is 1. The van der Waals surface area contributed by atoms with E-state index in [0.717, 1.165) is 6.07 Å². The van der Waals surface area contributed by atoms with Crippen molar-refractivity contribution in [3.63, 3.8) is 0 Å². The Hall–Kier alpha value is -1.85. The van der Waals surface area contributed by atoms with Crippen molar-refractivity contribution in [2.45, 2.75) is 20.5 Å². The molecule has 0 fully saturated rings. The number of benzene rings is 1. The number of carbonyl (C=O) groups excluding carboxylic acids is 1. The molecule has 0 radical (unpaired) electrons. The molecule has 0 aromatic heterocycles. The lowest BCUT2D eigenvalue weighted by atomic mass is 10.1. The summed E-state index contributed by atoms with van der Waals surface area (Å²) in [6, 6.07) is 2.55. The molecule has 0 aliphatic carbocycles. The van der Waals surface area contributed by atoms with Crippen LogP contribution < -0.4 is 10.5 Å².